The van der Waals surface area contributed by atoms with Gasteiger partial charge >= 0.3 is 0 Å². The number of ether oxygens (including phenoxy) is 1. The molecule has 102 valence electrons. The molecule has 0 aliphatic carbocycles. The van der Waals surface area contributed by atoms with Crippen LogP contribution in [0.4, 0.5) is 0 Å². The van der Waals surface area contributed by atoms with Crippen molar-refractivity contribution < 1.29 is 19.7 Å². The Morgan fingerprint density at radius 2 is 1.95 bits per heavy atom. The zero-order chi connectivity index (χ0) is 14.1. The van der Waals surface area contributed by atoms with Crippen LogP contribution in [0.25, 0.3) is 0 Å². The molecule has 2 rings (SSSR count). The maximum absolute atomic E-state index is 11.8. The van der Waals surface area contributed by atoms with Gasteiger partial charge in [-0.2, -0.15) is 0 Å². The predicted octanol–water partition coefficient (Wildman–Crippen LogP) is 1.21. The fraction of sp³-hybridized carbons (Fsp3) is 0.400. The third-order valence-corrected chi connectivity index (χ3v) is 3.78. The molecule has 0 spiro atoms. The quantitative estimate of drug-likeness (QED) is 0.859. The molecule has 0 saturated carbocycles. The first-order valence-corrected chi connectivity index (χ1v) is 6.23. The molecule has 4 nitrogen and oxygen atoms in total. The molecule has 0 saturated heterocycles. The molecule has 1 aliphatic rings. The molecule has 0 radical (unpaired) electrons. The Hall–Kier alpha value is -1.65. The van der Waals surface area contributed by atoms with Crippen LogP contribution in [0, 0.1) is 0 Å². The Bertz CT molecular complexity index is 496. The number of carbonyl (C=O) groups is 1. The van der Waals surface area contributed by atoms with Crippen LogP contribution in [0.3, 0.4) is 0 Å². The Balaban J connectivity index is 2.42. The fourth-order valence-electron chi connectivity index (χ4n) is 2.43. The number of carbonyl (C=O) groups excluding carboxylic acids is 1. The predicted molar refractivity (Wildman–Crippen MR) is 70.4 cm³/mol. The summed E-state index contributed by atoms with van der Waals surface area (Å²) in [6.07, 6.45) is 1.94. The van der Waals surface area contributed by atoms with E-state index in [-0.39, 0.29) is 6.42 Å². The van der Waals surface area contributed by atoms with E-state index < -0.39 is 23.1 Å². The number of hydrogen-bond acceptors (Lipinski definition) is 4. The maximum atomic E-state index is 11.8. The first-order chi connectivity index (χ1) is 8.90. The van der Waals surface area contributed by atoms with Gasteiger partial charge in [0.15, 0.2) is 11.4 Å². The molecule has 0 unspecified atom stereocenters. The molecule has 1 aromatic carbocycles. The zero-order valence-electron chi connectivity index (χ0n) is 11.0. The Morgan fingerprint density at radius 1 is 1.32 bits per heavy atom. The van der Waals surface area contributed by atoms with Crippen LogP contribution in [0.2, 0.25) is 0 Å². The lowest BCUT2D eigenvalue weighted by Crippen LogP contribution is -2.66. The van der Waals surface area contributed by atoms with Crippen LogP contribution < -0.4 is 0 Å². The third kappa shape index (κ3) is 2.17. The van der Waals surface area contributed by atoms with Crippen LogP contribution in [-0.4, -0.2) is 33.3 Å². The van der Waals surface area contributed by atoms with Crippen molar-refractivity contribution in [3.63, 3.8) is 0 Å². The highest BCUT2D eigenvalue weighted by Gasteiger charge is 2.57. The van der Waals surface area contributed by atoms with Crippen molar-refractivity contribution >= 4 is 5.78 Å². The summed E-state index contributed by atoms with van der Waals surface area (Å²) in [6.45, 7) is 2.90. The Morgan fingerprint density at radius 3 is 2.53 bits per heavy atom. The third-order valence-electron chi connectivity index (χ3n) is 3.78. The normalized spacial score (nSPS) is 33.8. The topological polar surface area (TPSA) is 66.8 Å². The second kappa shape index (κ2) is 4.79. The number of ketones is 1. The maximum Gasteiger partial charge on any atom is 0.176 e. The van der Waals surface area contributed by atoms with Gasteiger partial charge in [0, 0.05) is 6.42 Å². The van der Waals surface area contributed by atoms with Crippen LogP contribution in [-0.2, 0) is 16.0 Å². The zero-order valence-corrected chi connectivity index (χ0v) is 11.0. The minimum atomic E-state index is -1.93. The second-order valence-electron chi connectivity index (χ2n) is 4.99. The number of Topliss-reactive ketones (excluding diaryl/α,β-unsaturated/α-hetero) is 1. The van der Waals surface area contributed by atoms with Gasteiger partial charge in [0.1, 0.15) is 11.7 Å². The molecule has 3 atom stereocenters. The van der Waals surface area contributed by atoms with Gasteiger partial charge in [-0.15, -0.1) is 0 Å². The molecule has 19 heavy (non-hydrogen) atoms. The molecule has 2 N–H and O–H groups in total. The highest BCUT2D eigenvalue weighted by Crippen LogP contribution is 2.36. The SMILES string of the molecule is CC(=O)[C@]1(O)C=CO[C@@H](C)[C@@]1(O)Cc1ccccc1. The van der Waals surface area contributed by atoms with Gasteiger partial charge in [0.25, 0.3) is 0 Å². The van der Waals surface area contributed by atoms with E-state index >= 15 is 0 Å². The van der Waals surface area contributed by atoms with E-state index in [0.717, 1.165) is 5.56 Å². The lowest BCUT2D eigenvalue weighted by Gasteiger charge is -2.45. The first-order valence-electron chi connectivity index (χ1n) is 6.23. The van der Waals surface area contributed by atoms with Crippen molar-refractivity contribution in [2.75, 3.05) is 0 Å². The molecular formula is C15H18O4. The van der Waals surface area contributed by atoms with Crippen LogP contribution in [0.15, 0.2) is 42.7 Å². The van der Waals surface area contributed by atoms with E-state index in [9.17, 15) is 15.0 Å². The number of hydrogen-bond donors (Lipinski definition) is 2. The second-order valence-corrected chi connectivity index (χ2v) is 4.99. The van der Waals surface area contributed by atoms with Crippen molar-refractivity contribution in [2.24, 2.45) is 0 Å². The molecule has 0 fully saturated rings. The molecule has 0 amide bonds. The van der Waals surface area contributed by atoms with Gasteiger partial charge in [-0.25, -0.2) is 0 Å². The van der Waals surface area contributed by atoms with Crippen molar-refractivity contribution in [3.8, 4) is 0 Å². The van der Waals surface area contributed by atoms with Crippen LogP contribution in [0.5, 0.6) is 0 Å². The van der Waals surface area contributed by atoms with Gasteiger partial charge in [-0.3, -0.25) is 4.79 Å². The largest absolute Gasteiger partial charge is 0.495 e. The molecular weight excluding hydrogens is 244 g/mol. The summed E-state index contributed by atoms with van der Waals surface area (Å²) in [5.74, 6) is -0.502. The smallest absolute Gasteiger partial charge is 0.176 e. The lowest BCUT2D eigenvalue weighted by molar-refractivity contribution is -0.194. The fourth-order valence-corrected chi connectivity index (χ4v) is 2.43. The summed E-state index contributed by atoms with van der Waals surface area (Å²) >= 11 is 0. The average molecular weight is 262 g/mol. The number of rotatable bonds is 3. The molecule has 4 heteroatoms. The van der Waals surface area contributed by atoms with E-state index in [0.29, 0.717) is 0 Å². The minimum Gasteiger partial charge on any atom is -0.495 e. The average Bonchev–Trinajstić information content (AvgIpc) is 2.37. The molecule has 1 aliphatic heterocycles. The van der Waals surface area contributed by atoms with Crippen molar-refractivity contribution in [3.05, 3.63) is 48.2 Å². The van der Waals surface area contributed by atoms with E-state index in [1.165, 1.54) is 19.3 Å². The molecule has 1 heterocycles. The summed E-state index contributed by atoms with van der Waals surface area (Å²) in [7, 11) is 0. The van der Waals surface area contributed by atoms with Crippen molar-refractivity contribution in [2.45, 2.75) is 37.6 Å². The van der Waals surface area contributed by atoms with Gasteiger partial charge in [-0.1, -0.05) is 30.3 Å². The van der Waals surface area contributed by atoms with E-state index in [1.54, 1.807) is 6.92 Å². The summed E-state index contributed by atoms with van der Waals surface area (Å²) in [4.78, 5) is 11.8. The molecule has 0 bridgehead atoms. The lowest BCUT2D eigenvalue weighted by atomic mass is 9.72. The van der Waals surface area contributed by atoms with Crippen molar-refractivity contribution in [1.82, 2.24) is 0 Å². The van der Waals surface area contributed by atoms with Gasteiger partial charge in [0.2, 0.25) is 0 Å². The summed E-state index contributed by atoms with van der Waals surface area (Å²) in [5, 5.41) is 21.4. The van der Waals surface area contributed by atoms with Crippen LogP contribution >= 0.6 is 0 Å². The number of benzene rings is 1. The Labute approximate surface area is 112 Å². The van der Waals surface area contributed by atoms with E-state index in [4.69, 9.17) is 4.74 Å². The van der Waals surface area contributed by atoms with Gasteiger partial charge in [0.05, 0.1) is 6.26 Å². The summed E-state index contributed by atoms with van der Waals surface area (Å²) < 4.78 is 5.27. The standard InChI is InChI=1S/C15H18O4/c1-11(16)14(17)8-9-19-12(2)15(14,18)10-13-6-4-3-5-7-13/h3-9,12,17-18H,10H2,1-2H3/t12-,14+,15-/m0/s1. The van der Waals surface area contributed by atoms with Crippen molar-refractivity contribution in [1.29, 1.82) is 0 Å². The minimum absolute atomic E-state index is 0.134. The Kier molecular flexibility index (Phi) is 3.47. The van der Waals surface area contributed by atoms with Gasteiger partial charge < -0.3 is 14.9 Å². The van der Waals surface area contributed by atoms with E-state index in [1.807, 2.05) is 30.3 Å². The van der Waals surface area contributed by atoms with Gasteiger partial charge in [-0.05, 0) is 25.5 Å². The highest BCUT2D eigenvalue weighted by atomic mass is 16.5. The summed E-state index contributed by atoms with van der Waals surface area (Å²) in [5.41, 5.74) is -2.79. The highest BCUT2D eigenvalue weighted by molar-refractivity contribution is 5.89. The monoisotopic (exact) mass is 262 g/mol. The summed E-state index contributed by atoms with van der Waals surface area (Å²) in [6, 6.07) is 9.23. The molecule has 0 aromatic heterocycles. The number of aliphatic hydroxyl groups is 2. The van der Waals surface area contributed by atoms with E-state index in [2.05, 4.69) is 0 Å². The molecule has 1 aromatic rings. The van der Waals surface area contributed by atoms with Crippen LogP contribution in [0.1, 0.15) is 19.4 Å². The first kappa shape index (κ1) is 13.8.